The first kappa shape index (κ1) is 15.0. The topological polar surface area (TPSA) is 29.9 Å². The van der Waals surface area contributed by atoms with Crippen molar-refractivity contribution in [2.75, 3.05) is 6.54 Å². The van der Waals surface area contributed by atoms with Gasteiger partial charge < -0.3 is 5.32 Å². The van der Waals surface area contributed by atoms with Crippen LogP contribution < -0.4 is 5.32 Å². The fourth-order valence-corrected chi connectivity index (χ4v) is 1.82. The van der Waals surface area contributed by atoms with E-state index in [9.17, 15) is 0 Å². The number of aromatic nitrogens is 2. The third kappa shape index (κ3) is 4.65. The van der Waals surface area contributed by atoms with Gasteiger partial charge in [-0.15, -0.1) is 0 Å². The SMILES string of the molecule is CCC(=Cc1cn(C)nc1CC)CNC(C)(C)C. The molecular formula is C15H27N3. The van der Waals surface area contributed by atoms with Crippen LogP contribution in [0.15, 0.2) is 11.8 Å². The van der Waals surface area contributed by atoms with E-state index in [0.717, 1.165) is 19.4 Å². The van der Waals surface area contributed by atoms with E-state index in [1.54, 1.807) is 0 Å². The standard InChI is InChI=1S/C15H27N3/c1-7-12(10-16-15(3,4)5)9-13-11-18(6)17-14(13)8-2/h9,11,16H,7-8,10H2,1-6H3. The molecule has 3 heteroatoms. The van der Waals surface area contributed by atoms with Crippen LogP contribution in [0.4, 0.5) is 0 Å². The van der Waals surface area contributed by atoms with Crippen molar-refractivity contribution in [3.05, 3.63) is 23.0 Å². The molecule has 0 radical (unpaired) electrons. The van der Waals surface area contributed by atoms with Crippen molar-refractivity contribution in [2.24, 2.45) is 7.05 Å². The summed E-state index contributed by atoms with van der Waals surface area (Å²) >= 11 is 0. The quantitative estimate of drug-likeness (QED) is 0.868. The summed E-state index contributed by atoms with van der Waals surface area (Å²) in [7, 11) is 1.98. The molecule has 18 heavy (non-hydrogen) atoms. The summed E-state index contributed by atoms with van der Waals surface area (Å²) in [5.41, 5.74) is 4.02. The highest BCUT2D eigenvalue weighted by Crippen LogP contribution is 2.14. The Bertz CT molecular complexity index is 408. The fourth-order valence-electron chi connectivity index (χ4n) is 1.82. The molecule has 0 spiro atoms. The zero-order valence-corrected chi connectivity index (χ0v) is 12.7. The number of hydrogen-bond donors (Lipinski definition) is 1. The van der Waals surface area contributed by atoms with Gasteiger partial charge in [0.05, 0.1) is 5.69 Å². The van der Waals surface area contributed by atoms with Gasteiger partial charge in [-0.2, -0.15) is 5.10 Å². The van der Waals surface area contributed by atoms with Crippen molar-refractivity contribution in [3.63, 3.8) is 0 Å². The Morgan fingerprint density at radius 3 is 2.56 bits per heavy atom. The summed E-state index contributed by atoms with van der Waals surface area (Å²) in [5, 5.41) is 8.02. The smallest absolute Gasteiger partial charge is 0.0694 e. The lowest BCUT2D eigenvalue weighted by atomic mass is 10.1. The largest absolute Gasteiger partial charge is 0.308 e. The van der Waals surface area contributed by atoms with Crippen LogP contribution in [0.1, 0.15) is 52.3 Å². The van der Waals surface area contributed by atoms with Crippen LogP contribution in [-0.4, -0.2) is 21.9 Å². The second kappa shape index (κ2) is 6.19. The first-order valence-electron chi connectivity index (χ1n) is 6.82. The Balaban J connectivity index is 2.83. The minimum atomic E-state index is 0.163. The summed E-state index contributed by atoms with van der Waals surface area (Å²) in [6.07, 6.45) is 6.44. The van der Waals surface area contributed by atoms with Crippen LogP contribution >= 0.6 is 0 Å². The predicted octanol–water partition coefficient (Wildman–Crippen LogP) is 3.16. The van der Waals surface area contributed by atoms with Gasteiger partial charge >= 0.3 is 0 Å². The monoisotopic (exact) mass is 249 g/mol. The van der Waals surface area contributed by atoms with E-state index in [2.05, 4.69) is 57.3 Å². The lowest BCUT2D eigenvalue weighted by molar-refractivity contribution is 0.443. The van der Waals surface area contributed by atoms with Crippen LogP contribution in [-0.2, 0) is 13.5 Å². The molecule has 0 aliphatic heterocycles. The Hall–Kier alpha value is -1.09. The van der Waals surface area contributed by atoms with Crippen molar-refractivity contribution in [1.82, 2.24) is 15.1 Å². The second-order valence-corrected chi connectivity index (χ2v) is 5.82. The molecule has 0 atom stereocenters. The van der Waals surface area contributed by atoms with Crippen molar-refractivity contribution in [1.29, 1.82) is 0 Å². The van der Waals surface area contributed by atoms with Crippen LogP contribution in [0, 0.1) is 0 Å². The lowest BCUT2D eigenvalue weighted by Gasteiger charge is -2.21. The molecule has 1 heterocycles. The third-order valence-electron chi connectivity index (χ3n) is 2.93. The van der Waals surface area contributed by atoms with Gasteiger partial charge in [0.25, 0.3) is 0 Å². The van der Waals surface area contributed by atoms with E-state index in [4.69, 9.17) is 0 Å². The molecule has 0 saturated carbocycles. The summed E-state index contributed by atoms with van der Waals surface area (Å²) in [6.45, 7) is 11.9. The van der Waals surface area contributed by atoms with Crippen LogP contribution in [0.2, 0.25) is 0 Å². The number of aryl methyl sites for hydroxylation is 2. The Morgan fingerprint density at radius 1 is 1.39 bits per heavy atom. The summed E-state index contributed by atoms with van der Waals surface area (Å²) < 4.78 is 1.90. The van der Waals surface area contributed by atoms with Crippen LogP contribution in [0.25, 0.3) is 6.08 Å². The van der Waals surface area contributed by atoms with Gasteiger partial charge in [0.2, 0.25) is 0 Å². The molecule has 102 valence electrons. The molecule has 0 fully saturated rings. The molecule has 0 aliphatic rings. The van der Waals surface area contributed by atoms with E-state index >= 15 is 0 Å². The molecule has 1 N–H and O–H groups in total. The Morgan fingerprint density at radius 2 is 2.06 bits per heavy atom. The van der Waals surface area contributed by atoms with E-state index in [1.165, 1.54) is 16.8 Å². The highest BCUT2D eigenvalue weighted by molar-refractivity contribution is 5.54. The highest BCUT2D eigenvalue weighted by Gasteiger charge is 2.10. The van der Waals surface area contributed by atoms with Gasteiger partial charge in [0.15, 0.2) is 0 Å². The average molecular weight is 249 g/mol. The van der Waals surface area contributed by atoms with E-state index < -0.39 is 0 Å². The molecule has 0 bridgehead atoms. The number of nitrogens with zero attached hydrogens (tertiary/aromatic N) is 2. The second-order valence-electron chi connectivity index (χ2n) is 5.82. The van der Waals surface area contributed by atoms with Gasteiger partial charge in [-0.3, -0.25) is 4.68 Å². The van der Waals surface area contributed by atoms with Crippen LogP contribution in [0.3, 0.4) is 0 Å². The first-order valence-corrected chi connectivity index (χ1v) is 6.82. The molecule has 1 aromatic heterocycles. The number of rotatable bonds is 5. The molecule has 3 nitrogen and oxygen atoms in total. The predicted molar refractivity (Wildman–Crippen MR) is 78.6 cm³/mol. The summed E-state index contributed by atoms with van der Waals surface area (Å²) in [4.78, 5) is 0. The molecule has 0 saturated heterocycles. The Labute approximate surface area is 111 Å². The van der Waals surface area contributed by atoms with E-state index in [1.807, 2.05) is 11.7 Å². The third-order valence-corrected chi connectivity index (χ3v) is 2.93. The maximum Gasteiger partial charge on any atom is 0.0694 e. The maximum atomic E-state index is 4.48. The molecule has 1 aromatic rings. The van der Waals surface area contributed by atoms with Gasteiger partial charge in [-0.05, 0) is 33.6 Å². The van der Waals surface area contributed by atoms with E-state index in [-0.39, 0.29) is 5.54 Å². The number of hydrogen-bond acceptors (Lipinski definition) is 2. The fraction of sp³-hybridized carbons (Fsp3) is 0.667. The summed E-state index contributed by atoms with van der Waals surface area (Å²) in [6, 6.07) is 0. The van der Waals surface area contributed by atoms with E-state index in [0.29, 0.717) is 0 Å². The maximum absolute atomic E-state index is 4.48. The van der Waals surface area contributed by atoms with Gasteiger partial charge in [-0.1, -0.05) is 25.5 Å². The molecule has 0 unspecified atom stereocenters. The minimum Gasteiger partial charge on any atom is -0.308 e. The molecular weight excluding hydrogens is 222 g/mol. The normalized spacial score (nSPS) is 13.1. The number of nitrogens with one attached hydrogen (secondary N) is 1. The van der Waals surface area contributed by atoms with Gasteiger partial charge in [-0.25, -0.2) is 0 Å². The van der Waals surface area contributed by atoms with Gasteiger partial charge in [0, 0.05) is 30.9 Å². The zero-order valence-electron chi connectivity index (χ0n) is 12.7. The average Bonchev–Trinajstić information content (AvgIpc) is 2.63. The first-order chi connectivity index (χ1) is 8.35. The van der Waals surface area contributed by atoms with Gasteiger partial charge in [0.1, 0.15) is 0 Å². The zero-order chi connectivity index (χ0) is 13.8. The molecule has 1 rings (SSSR count). The minimum absolute atomic E-state index is 0.163. The van der Waals surface area contributed by atoms with Crippen LogP contribution in [0.5, 0.6) is 0 Å². The lowest BCUT2D eigenvalue weighted by Crippen LogP contribution is -2.36. The Kier molecular flexibility index (Phi) is 5.15. The van der Waals surface area contributed by atoms with Crippen molar-refractivity contribution < 1.29 is 0 Å². The van der Waals surface area contributed by atoms with Crippen molar-refractivity contribution in [3.8, 4) is 0 Å². The molecule has 0 aromatic carbocycles. The van der Waals surface area contributed by atoms with Crippen molar-refractivity contribution in [2.45, 2.75) is 53.0 Å². The highest BCUT2D eigenvalue weighted by atomic mass is 15.2. The summed E-state index contributed by atoms with van der Waals surface area (Å²) in [5.74, 6) is 0. The molecule has 0 amide bonds. The van der Waals surface area contributed by atoms with Crippen molar-refractivity contribution >= 4 is 6.08 Å². The molecule has 0 aliphatic carbocycles.